The van der Waals surface area contributed by atoms with Gasteiger partial charge in [-0.05, 0) is 35.2 Å². The summed E-state index contributed by atoms with van der Waals surface area (Å²) in [5, 5.41) is 0.551. The summed E-state index contributed by atoms with van der Waals surface area (Å²) in [4.78, 5) is 0.263. The van der Waals surface area contributed by atoms with Crippen molar-refractivity contribution in [1.29, 1.82) is 0 Å². The average Bonchev–Trinajstić information content (AvgIpc) is 2.46. The maximum atomic E-state index is 12.2. The van der Waals surface area contributed by atoms with Gasteiger partial charge in [-0.15, -0.1) is 0 Å². The zero-order chi connectivity index (χ0) is 15.5. The molecule has 0 heterocycles. The lowest BCUT2D eigenvalue weighted by Gasteiger charge is -2.10. The maximum Gasteiger partial charge on any atom is 0.240 e. The molecule has 2 rings (SSSR count). The van der Waals surface area contributed by atoms with Gasteiger partial charge in [-0.3, -0.25) is 0 Å². The second-order valence-electron chi connectivity index (χ2n) is 5.14. The van der Waals surface area contributed by atoms with Crippen LogP contribution in [0.4, 0.5) is 0 Å². The molecule has 0 saturated carbocycles. The van der Waals surface area contributed by atoms with E-state index in [-0.39, 0.29) is 11.4 Å². The van der Waals surface area contributed by atoms with Crippen molar-refractivity contribution in [3.05, 3.63) is 64.7 Å². The molecule has 0 aliphatic carbocycles. The van der Waals surface area contributed by atoms with Gasteiger partial charge in [-0.25, -0.2) is 13.1 Å². The van der Waals surface area contributed by atoms with Gasteiger partial charge in [0.05, 0.1) is 4.90 Å². The number of benzene rings is 2. The molecule has 0 amide bonds. The second kappa shape index (κ2) is 6.60. The Balaban J connectivity index is 2.13. The molecule has 0 fully saturated rings. The van der Waals surface area contributed by atoms with E-state index in [9.17, 15) is 8.42 Å². The van der Waals surface area contributed by atoms with E-state index in [1.807, 2.05) is 24.3 Å². The van der Waals surface area contributed by atoms with Crippen molar-refractivity contribution in [2.75, 3.05) is 0 Å². The number of sulfonamides is 1. The fraction of sp³-hybridized carbons (Fsp3) is 0.250. The number of rotatable bonds is 5. The largest absolute Gasteiger partial charge is 0.240 e. The van der Waals surface area contributed by atoms with Crippen LogP contribution < -0.4 is 4.72 Å². The van der Waals surface area contributed by atoms with E-state index in [0.717, 1.165) is 11.1 Å². The normalized spacial score (nSPS) is 11.8. The minimum absolute atomic E-state index is 0.175. The molecule has 112 valence electrons. The Morgan fingerprint density at radius 2 is 1.67 bits per heavy atom. The van der Waals surface area contributed by atoms with E-state index < -0.39 is 10.0 Å². The van der Waals surface area contributed by atoms with Gasteiger partial charge in [-0.2, -0.15) is 0 Å². The minimum atomic E-state index is -3.53. The summed E-state index contributed by atoms with van der Waals surface area (Å²) in [6.07, 6.45) is 0. The molecule has 3 nitrogen and oxygen atoms in total. The van der Waals surface area contributed by atoms with Crippen LogP contribution in [0, 0.1) is 0 Å². The zero-order valence-electron chi connectivity index (χ0n) is 12.0. The molecule has 0 radical (unpaired) electrons. The SMILES string of the molecule is CC(C)c1ccc(S(=O)(=O)NCc2ccccc2Cl)cc1. The molecule has 2 aromatic carbocycles. The molecule has 0 spiro atoms. The van der Waals surface area contributed by atoms with Crippen molar-refractivity contribution in [3.63, 3.8) is 0 Å². The topological polar surface area (TPSA) is 46.2 Å². The van der Waals surface area contributed by atoms with E-state index >= 15 is 0 Å². The molecule has 0 saturated heterocycles. The monoisotopic (exact) mass is 323 g/mol. The third-order valence-corrected chi connectivity index (χ3v) is 5.05. The summed E-state index contributed by atoms with van der Waals surface area (Å²) in [7, 11) is -3.53. The Kier molecular flexibility index (Phi) is 5.04. The van der Waals surface area contributed by atoms with Crippen LogP contribution in [0.3, 0.4) is 0 Å². The van der Waals surface area contributed by atoms with Crippen LogP contribution >= 0.6 is 11.6 Å². The van der Waals surface area contributed by atoms with E-state index in [4.69, 9.17) is 11.6 Å². The Morgan fingerprint density at radius 1 is 1.05 bits per heavy atom. The van der Waals surface area contributed by atoms with Crippen LogP contribution in [0.25, 0.3) is 0 Å². The van der Waals surface area contributed by atoms with Crippen LogP contribution in [0.1, 0.15) is 30.9 Å². The predicted molar refractivity (Wildman–Crippen MR) is 86.0 cm³/mol. The minimum Gasteiger partial charge on any atom is -0.207 e. The standard InChI is InChI=1S/C16H18ClNO2S/c1-12(2)13-7-9-15(10-8-13)21(19,20)18-11-14-5-3-4-6-16(14)17/h3-10,12,18H,11H2,1-2H3. The summed E-state index contributed by atoms with van der Waals surface area (Å²) >= 11 is 6.02. The number of nitrogens with one attached hydrogen (secondary N) is 1. The van der Waals surface area contributed by atoms with Crippen molar-refractivity contribution in [3.8, 4) is 0 Å². The highest BCUT2D eigenvalue weighted by molar-refractivity contribution is 7.89. The van der Waals surface area contributed by atoms with Crippen LogP contribution in [-0.4, -0.2) is 8.42 Å². The lowest BCUT2D eigenvalue weighted by atomic mass is 10.0. The molecule has 0 aromatic heterocycles. The van der Waals surface area contributed by atoms with Crippen LogP contribution in [-0.2, 0) is 16.6 Å². The van der Waals surface area contributed by atoms with Crippen molar-refractivity contribution < 1.29 is 8.42 Å². The number of hydrogen-bond donors (Lipinski definition) is 1. The van der Waals surface area contributed by atoms with Gasteiger partial charge in [0.15, 0.2) is 0 Å². The third kappa shape index (κ3) is 4.06. The number of halogens is 1. The van der Waals surface area contributed by atoms with Gasteiger partial charge in [-0.1, -0.05) is 55.8 Å². The maximum absolute atomic E-state index is 12.2. The van der Waals surface area contributed by atoms with Gasteiger partial charge in [0.2, 0.25) is 10.0 Å². The van der Waals surface area contributed by atoms with Crippen molar-refractivity contribution >= 4 is 21.6 Å². The highest BCUT2D eigenvalue weighted by Gasteiger charge is 2.14. The van der Waals surface area contributed by atoms with Crippen LogP contribution in [0.2, 0.25) is 5.02 Å². The fourth-order valence-corrected chi connectivity index (χ4v) is 3.14. The van der Waals surface area contributed by atoms with Crippen LogP contribution in [0.5, 0.6) is 0 Å². The highest BCUT2D eigenvalue weighted by Crippen LogP contribution is 2.18. The second-order valence-corrected chi connectivity index (χ2v) is 7.31. The highest BCUT2D eigenvalue weighted by atomic mass is 35.5. The van der Waals surface area contributed by atoms with Crippen molar-refractivity contribution in [1.82, 2.24) is 4.72 Å². The summed E-state index contributed by atoms with van der Waals surface area (Å²) < 4.78 is 27.1. The molecule has 0 atom stereocenters. The molecular formula is C16H18ClNO2S. The molecule has 0 aliphatic heterocycles. The first kappa shape index (κ1) is 16.0. The van der Waals surface area contributed by atoms with Gasteiger partial charge < -0.3 is 0 Å². The Labute approximate surface area is 131 Å². The Morgan fingerprint density at radius 3 is 2.24 bits per heavy atom. The van der Waals surface area contributed by atoms with E-state index in [0.29, 0.717) is 10.9 Å². The van der Waals surface area contributed by atoms with Gasteiger partial charge >= 0.3 is 0 Å². The average molecular weight is 324 g/mol. The molecule has 1 N–H and O–H groups in total. The quantitative estimate of drug-likeness (QED) is 0.905. The fourth-order valence-electron chi connectivity index (χ4n) is 1.93. The molecular weight excluding hydrogens is 306 g/mol. The summed E-state index contributed by atoms with van der Waals surface area (Å²) in [6, 6.07) is 14.1. The molecule has 5 heteroatoms. The first-order chi connectivity index (χ1) is 9.90. The van der Waals surface area contributed by atoms with E-state index in [1.54, 1.807) is 24.3 Å². The van der Waals surface area contributed by atoms with Gasteiger partial charge in [0.1, 0.15) is 0 Å². The Bertz CT molecular complexity index is 709. The van der Waals surface area contributed by atoms with Crippen molar-refractivity contribution in [2.24, 2.45) is 0 Å². The first-order valence-corrected chi connectivity index (χ1v) is 8.59. The van der Waals surface area contributed by atoms with Gasteiger partial charge in [0, 0.05) is 11.6 Å². The summed E-state index contributed by atoms with van der Waals surface area (Å²) in [5.41, 5.74) is 1.86. The molecule has 0 unspecified atom stereocenters. The van der Waals surface area contributed by atoms with E-state index in [2.05, 4.69) is 18.6 Å². The third-order valence-electron chi connectivity index (χ3n) is 3.27. The summed E-state index contributed by atoms with van der Waals surface area (Å²) in [6.45, 7) is 4.31. The first-order valence-electron chi connectivity index (χ1n) is 6.73. The smallest absolute Gasteiger partial charge is 0.207 e. The van der Waals surface area contributed by atoms with Gasteiger partial charge in [0.25, 0.3) is 0 Å². The summed E-state index contributed by atoms with van der Waals surface area (Å²) in [5.74, 6) is 0.373. The predicted octanol–water partition coefficient (Wildman–Crippen LogP) is 3.94. The van der Waals surface area contributed by atoms with Crippen molar-refractivity contribution in [2.45, 2.75) is 31.2 Å². The molecule has 21 heavy (non-hydrogen) atoms. The molecule has 0 bridgehead atoms. The molecule has 2 aromatic rings. The van der Waals surface area contributed by atoms with Crippen LogP contribution in [0.15, 0.2) is 53.4 Å². The zero-order valence-corrected chi connectivity index (χ0v) is 13.6. The van der Waals surface area contributed by atoms with E-state index in [1.165, 1.54) is 0 Å². The Hall–Kier alpha value is -1.36. The molecule has 0 aliphatic rings. The lowest BCUT2D eigenvalue weighted by molar-refractivity contribution is 0.581. The number of hydrogen-bond acceptors (Lipinski definition) is 2. The lowest BCUT2D eigenvalue weighted by Crippen LogP contribution is -2.23.